The van der Waals surface area contributed by atoms with Crippen molar-refractivity contribution >= 4 is 54.0 Å². The summed E-state index contributed by atoms with van der Waals surface area (Å²) in [6, 6.07) is 19.3. The van der Waals surface area contributed by atoms with E-state index in [0.717, 1.165) is 7.11 Å². The maximum Gasteiger partial charge on any atom is -0.0771 e. The second-order valence-corrected chi connectivity index (χ2v) is 4.80. The number of aliphatic hydroxyl groups is 2. The summed E-state index contributed by atoms with van der Waals surface area (Å²) >= 11 is -0.944. The van der Waals surface area contributed by atoms with Crippen LogP contribution in [0.3, 0.4) is 0 Å². The zero-order valence-corrected chi connectivity index (χ0v) is 17.9. The summed E-state index contributed by atoms with van der Waals surface area (Å²) in [7, 11) is 3.75. The first-order chi connectivity index (χ1) is 10.3. The number of halogens is 2. The van der Waals surface area contributed by atoms with E-state index in [-0.39, 0.29) is 38.8 Å². The average molecular weight is 422 g/mol. The molecule has 134 valence electrons. The molecule has 3 aromatic carbocycles. The van der Waals surface area contributed by atoms with Crippen molar-refractivity contribution in [2.75, 3.05) is 13.7 Å². The maximum absolute atomic E-state index is 8.97. The van der Waals surface area contributed by atoms with E-state index in [1.807, 2.05) is 0 Å². The van der Waals surface area contributed by atoms with Gasteiger partial charge in [0.1, 0.15) is 0 Å². The smallest absolute Gasteiger partial charge is 0.0771 e. The molecule has 2 N–H and O–H groups in total. The van der Waals surface area contributed by atoms with Gasteiger partial charge in [0.2, 0.25) is 0 Å². The first-order valence-corrected chi connectivity index (χ1v) is 9.68. The zero-order chi connectivity index (χ0) is 16.1. The Morgan fingerprint density at radius 3 is 1.54 bits per heavy atom. The molecule has 0 aromatic heterocycles. The molecule has 0 aliphatic carbocycles. The van der Waals surface area contributed by atoms with Crippen LogP contribution in [-0.2, 0) is 21.2 Å². The molecule has 0 bridgehead atoms. The third kappa shape index (κ3) is 10.4. The number of fused-ring (bicyclic) bond motifs is 3. The average Bonchev–Trinajstić information content (AvgIpc) is 2.89. The standard InChI is InChI=1S/C13H9.C2H5O.CH4O.CH3.2ClH.O.Si.Ti/c1-3-7-12-10(5-1)9-11-6-2-4-8-13(11)12;1-2-3;1-2;;;;;;/h1-9H;3H,1-2H2;2H,1H3;1H3;2*1H;;;/q2*-1;;-1;;;;;. The van der Waals surface area contributed by atoms with Gasteiger partial charge < -0.3 is 24.6 Å². The van der Waals surface area contributed by atoms with Crippen molar-refractivity contribution < 1.29 is 31.4 Å². The van der Waals surface area contributed by atoms with Crippen LogP contribution < -0.4 is 0 Å². The van der Waals surface area contributed by atoms with Crippen LogP contribution in [0.25, 0.3) is 21.5 Å². The summed E-state index contributed by atoms with van der Waals surface area (Å²) in [6.07, 6.45) is 0. The Bertz CT molecular complexity index is 633. The summed E-state index contributed by atoms with van der Waals surface area (Å²) in [4.78, 5) is 0. The number of rotatable bonds is 0. The molecule has 3 nitrogen and oxygen atoms in total. The third-order valence-corrected chi connectivity index (χ3v) is 2.52. The van der Waals surface area contributed by atoms with Crippen LogP contribution in [0.4, 0.5) is 0 Å². The van der Waals surface area contributed by atoms with E-state index in [1.54, 1.807) is 0 Å². The Hall–Kier alpha value is -0.459. The Balaban J connectivity index is -0.000000160. The molecule has 7 heteroatoms. The number of hydrogen-bond donors (Lipinski definition) is 2. The van der Waals surface area contributed by atoms with E-state index in [2.05, 4.69) is 69.2 Å². The summed E-state index contributed by atoms with van der Waals surface area (Å²) < 4.78 is 8.97. The van der Waals surface area contributed by atoms with Crippen molar-refractivity contribution in [3.8, 4) is 0 Å². The largest absolute Gasteiger partial charge is 0.126 e. The molecule has 24 heavy (non-hydrogen) atoms. The van der Waals surface area contributed by atoms with Gasteiger partial charge in [-0.15, -0.1) is 64.6 Å². The first kappa shape index (κ1) is 31.3. The van der Waals surface area contributed by atoms with E-state index < -0.39 is 17.9 Å². The van der Waals surface area contributed by atoms with Gasteiger partial charge in [0, 0.05) is 7.11 Å². The molecule has 2 radical (unpaired) electrons. The topological polar surface area (TPSA) is 57.5 Å². The monoisotopic (exact) mass is 421 g/mol. The second kappa shape index (κ2) is 20.6. The van der Waals surface area contributed by atoms with Crippen molar-refractivity contribution in [2.24, 2.45) is 0 Å². The molecule has 0 saturated heterocycles. The van der Waals surface area contributed by atoms with Crippen LogP contribution in [0.5, 0.6) is 0 Å². The van der Waals surface area contributed by atoms with E-state index in [9.17, 15) is 0 Å². The van der Waals surface area contributed by atoms with Gasteiger partial charge in [-0.1, -0.05) is 43.0 Å². The van der Waals surface area contributed by atoms with Gasteiger partial charge in [-0.3, -0.25) is 0 Å². The first-order valence-electron chi connectivity index (χ1n) is 6.20. The number of hydrogen-bond acceptors (Lipinski definition) is 3. The van der Waals surface area contributed by atoms with Crippen molar-refractivity contribution in [3.05, 3.63) is 68.9 Å². The van der Waals surface area contributed by atoms with Crippen LogP contribution in [0, 0.1) is 14.4 Å². The molecule has 0 heterocycles. The van der Waals surface area contributed by atoms with Crippen LogP contribution >= 0.6 is 24.8 Å². The van der Waals surface area contributed by atoms with E-state index in [1.165, 1.54) is 21.5 Å². The van der Waals surface area contributed by atoms with Crippen molar-refractivity contribution in [1.82, 2.24) is 0 Å². The van der Waals surface area contributed by atoms with Crippen LogP contribution in [0.2, 0.25) is 0 Å². The number of benzene rings is 2. The number of aliphatic hydroxyl groups excluding tert-OH is 2. The van der Waals surface area contributed by atoms with Crippen LogP contribution in [0.1, 0.15) is 0 Å². The van der Waals surface area contributed by atoms with Gasteiger partial charge in [0.05, 0.1) is 0 Å². The van der Waals surface area contributed by atoms with E-state index in [4.69, 9.17) is 13.5 Å². The Morgan fingerprint density at radius 1 is 1.00 bits per heavy atom. The summed E-state index contributed by atoms with van der Waals surface area (Å²) in [5.74, 6) is 0. The Kier molecular flexibility index (Phi) is 26.9. The summed E-state index contributed by atoms with van der Waals surface area (Å²) in [6.45, 7) is 3.04. The quantitative estimate of drug-likeness (QED) is 0.427. The normalized spacial score (nSPS) is 7.33. The second-order valence-electron chi connectivity index (χ2n) is 3.64. The SMILES string of the molecule is CO.Cl.Cl.[CH2-]CO.[CH3-].[O]=[Ti]=[Si].c1ccc2c(c1)[cH-]c1ccccc12. The van der Waals surface area contributed by atoms with Gasteiger partial charge in [0.15, 0.2) is 0 Å². The minimum Gasteiger partial charge on any atom is -0.126 e. The van der Waals surface area contributed by atoms with E-state index >= 15 is 0 Å². The van der Waals surface area contributed by atoms with Gasteiger partial charge in [-0.25, -0.2) is 0 Å². The Labute approximate surface area is 167 Å². The fraction of sp³-hybridized carbons (Fsp3) is 0.118. The molecule has 0 unspecified atom stereocenters. The summed E-state index contributed by atoms with van der Waals surface area (Å²) in [5.41, 5.74) is 0. The third-order valence-electron chi connectivity index (χ3n) is 2.52. The molecule has 0 spiro atoms. The molecular formula is C17H23Cl2O3SiTi-3. The minimum atomic E-state index is -0.944. The fourth-order valence-electron chi connectivity index (χ4n) is 1.90. The molecule has 0 atom stereocenters. The summed E-state index contributed by atoms with van der Waals surface area (Å²) in [5, 5.41) is 19.9. The molecule has 0 aliphatic heterocycles. The molecular weight excluding hydrogens is 399 g/mol. The predicted octanol–water partition coefficient (Wildman–Crippen LogP) is 3.92. The maximum atomic E-state index is 8.97. The molecule has 0 saturated carbocycles. The van der Waals surface area contributed by atoms with Gasteiger partial charge in [-0.2, -0.15) is 0 Å². The van der Waals surface area contributed by atoms with E-state index in [0.29, 0.717) is 0 Å². The van der Waals surface area contributed by atoms with Crippen molar-refractivity contribution in [1.29, 1.82) is 0 Å². The van der Waals surface area contributed by atoms with Gasteiger partial charge >= 0.3 is 28.8 Å². The van der Waals surface area contributed by atoms with Gasteiger partial charge in [-0.05, 0) is 0 Å². The zero-order valence-electron chi connectivity index (χ0n) is 13.7. The minimum absolute atomic E-state index is 0. The molecule has 0 amide bonds. The van der Waals surface area contributed by atoms with Crippen molar-refractivity contribution in [3.63, 3.8) is 0 Å². The van der Waals surface area contributed by atoms with Gasteiger partial charge in [0.25, 0.3) is 0 Å². The Morgan fingerprint density at radius 2 is 1.25 bits per heavy atom. The molecule has 3 rings (SSSR count). The fourth-order valence-corrected chi connectivity index (χ4v) is 1.90. The molecule has 0 aliphatic rings. The van der Waals surface area contributed by atoms with Crippen molar-refractivity contribution in [2.45, 2.75) is 0 Å². The molecule has 0 fully saturated rings. The predicted molar refractivity (Wildman–Crippen MR) is 105 cm³/mol. The van der Waals surface area contributed by atoms with Crippen LogP contribution in [0.15, 0.2) is 54.6 Å². The van der Waals surface area contributed by atoms with Crippen LogP contribution in [-0.4, -0.2) is 31.6 Å². The molecule has 3 aromatic rings.